The summed E-state index contributed by atoms with van der Waals surface area (Å²) in [6, 6.07) is 6.21. The summed E-state index contributed by atoms with van der Waals surface area (Å²) in [6.07, 6.45) is 1.06. The van der Waals surface area contributed by atoms with Crippen LogP contribution in [-0.2, 0) is 0 Å². The Bertz CT molecular complexity index is 339. The minimum atomic E-state index is 0.604. The van der Waals surface area contributed by atoms with E-state index in [-0.39, 0.29) is 0 Å². The number of ether oxygens (including phenoxy) is 1. The van der Waals surface area contributed by atoms with E-state index in [1.165, 1.54) is 5.56 Å². The second-order valence-corrected chi connectivity index (χ2v) is 4.48. The maximum atomic E-state index is 5.53. The molecule has 0 fully saturated rings. The lowest BCUT2D eigenvalue weighted by molar-refractivity contribution is 0.338. The molecule has 1 atom stereocenters. The summed E-state index contributed by atoms with van der Waals surface area (Å²) in [5.41, 5.74) is 7.85. The number of hydrogen-bond donors (Lipinski definition) is 2. The average molecular weight is 236 g/mol. The van der Waals surface area contributed by atoms with E-state index < -0.39 is 0 Å². The Kier molecular flexibility index (Phi) is 5.84. The van der Waals surface area contributed by atoms with E-state index >= 15 is 0 Å². The van der Waals surface area contributed by atoms with Crippen LogP contribution in [0, 0.1) is 12.8 Å². The van der Waals surface area contributed by atoms with Crippen molar-refractivity contribution < 1.29 is 4.74 Å². The van der Waals surface area contributed by atoms with Crippen LogP contribution in [0.3, 0.4) is 0 Å². The Labute approximate surface area is 104 Å². The number of nitrogens with two attached hydrogens (primary N) is 1. The third-order valence-corrected chi connectivity index (χ3v) is 2.79. The average Bonchev–Trinajstić information content (AvgIpc) is 2.30. The van der Waals surface area contributed by atoms with E-state index in [0.717, 1.165) is 30.9 Å². The molecule has 3 heteroatoms. The van der Waals surface area contributed by atoms with Crippen LogP contribution < -0.4 is 15.8 Å². The molecule has 0 saturated carbocycles. The molecule has 0 radical (unpaired) electrons. The van der Waals surface area contributed by atoms with Crippen molar-refractivity contribution in [2.75, 3.05) is 25.0 Å². The Hall–Kier alpha value is -1.22. The molecule has 0 aliphatic heterocycles. The largest absolute Gasteiger partial charge is 0.494 e. The van der Waals surface area contributed by atoms with Crippen molar-refractivity contribution in [1.82, 2.24) is 0 Å². The second-order valence-electron chi connectivity index (χ2n) is 4.48. The van der Waals surface area contributed by atoms with E-state index in [2.05, 4.69) is 31.3 Å². The monoisotopic (exact) mass is 236 g/mol. The first-order valence-electron chi connectivity index (χ1n) is 6.34. The number of rotatable bonds is 7. The molecular weight excluding hydrogens is 212 g/mol. The molecule has 0 aliphatic carbocycles. The highest BCUT2D eigenvalue weighted by atomic mass is 16.5. The van der Waals surface area contributed by atoms with Gasteiger partial charge in [-0.25, -0.2) is 0 Å². The minimum absolute atomic E-state index is 0.604. The van der Waals surface area contributed by atoms with Gasteiger partial charge in [0.25, 0.3) is 0 Å². The van der Waals surface area contributed by atoms with Gasteiger partial charge in [0.05, 0.1) is 6.61 Å². The molecule has 0 amide bonds. The molecule has 0 bridgehead atoms. The number of hydrogen-bond acceptors (Lipinski definition) is 3. The van der Waals surface area contributed by atoms with Crippen molar-refractivity contribution in [3.63, 3.8) is 0 Å². The van der Waals surface area contributed by atoms with E-state index in [4.69, 9.17) is 10.5 Å². The number of aryl methyl sites for hydroxylation is 1. The van der Waals surface area contributed by atoms with Crippen LogP contribution in [0.25, 0.3) is 0 Å². The van der Waals surface area contributed by atoms with E-state index in [9.17, 15) is 0 Å². The molecule has 0 aliphatic rings. The molecule has 1 aromatic rings. The van der Waals surface area contributed by atoms with Gasteiger partial charge in [-0.15, -0.1) is 0 Å². The van der Waals surface area contributed by atoms with Crippen molar-refractivity contribution in [2.24, 2.45) is 11.7 Å². The molecule has 0 saturated heterocycles. The zero-order valence-electron chi connectivity index (χ0n) is 11.1. The van der Waals surface area contributed by atoms with Gasteiger partial charge in [-0.2, -0.15) is 0 Å². The molecule has 0 spiro atoms. The van der Waals surface area contributed by atoms with E-state index in [1.54, 1.807) is 0 Å². The third-order valence-electron chi connectivity index (χ3n) is 2.79. The van der Waals surface area contributed by atoms with Crippen LogP contribution in [0.15, 0.2) is 18.2 Å². The van der Waals surface area contributed by atoms with Crippen LogP contribution in [-0.4, -0.2) is 19.7 Å². The van der Waals surface area contributed by atoms with Crippen LogP contribution in [0.5, 0.6) is 5.75 Å². The lowest BCUT2D eigenvalue weighted by Gasteiger charge is -2.14. The number of anilines is 1. The van der Waals surface area contributed by atoms with Crippen LogP contribution in [0.1, 0.15) is 25.8 Å². The first-order valence-corrected chi connectivity index (χ1v) is 6.34. The fraction of sp³-hybridized carbons (Fsp3) is 0.571. The van der Waals surface area contributed by atoms with Gasteiger partial charge in [0.2, 0.25) is 0 Å². The standard InChI is InChI=1S/C14H24N2O/c1-4-17-14-6-5-13(9-12(14)3)16-10-11(2)7-8-15/h5-6,9,11,16H,4,7-8,10,15H2,1-3H3. The van der Waals surface area contributed by atoms with Crippen molar-refractivity contribution in [2.45, 2.75) is 27.2 Å². The summed E-state index contributed by atoms with van der Waals surface area (Å²) in [5, 5.41) is 3.43. The van der Waals surface area contributed by atoms with Gasteiger partial charge in [0.1, 0.15) is 5.75 Å². The van der Waals surface area contributed by atoms with Gasteiger partial charge in [0, 0.05) is 12.2 Å². The summed E-state index contributed by atoms with van der Waals surface area (Å²) in [7, 11) is 0. The molecule has 3 N–H and O–H groups in total. The Balaban J connectivity index is 2.52. The maximum absolute atomic E-state index is 5.53. The molecule has 0 aromatic heterocycles. The summed E-state index contributed by atoms with van der Waals surface area (Å²) in [4.78, 5) is 0. The summed E-state index contributed by atoms with van der Waals surface area (Å²) in [5.74, 6) is 1.57. The zero-order valence-corrected chi connectivity index (χ0v) is 11.1. The van der Waals surface area contributed by atoms with Crippen LogP contribution >= 0.6 is 0 Å². The van der Waals surface area contributed by atoms with Gasteiger partial charge >= 0.3 is 0 Å². The Morgan fingerprint density at radius 1 is 1.41 bits per heavy atom. The molecule has 17 heavy (non-hydrogen) atoms. The van der Waals surface area contributed by atoms with Crippen LogP contribution in [0.4, 0.5) is 5.69 Å². The first-order chi connectivity index (χ1) is 8.17. The first kappa shape index (κ1) is 13.8. The predicted octanol–water partition coefficient (Wildman–Crippen LogP) is 2.79. The van der Waals surface area contributed by atoms with Crippen LogP contribution in [0.2, 0.25) is 0 Å². The van der Waals surface area contributed by atoms with Gasteiger partial charge in [-0.3, -0.25) is 0 Å². The van der Waals surface area contributed by atoms with Crippen molar-refractivity contribution in [1.29, 1.82) is 0 Å². The predicted molar refractivity (Wildman–Crippen MR) is 73.7 cm³/mol. The van der Waals surface area contributed by atoms with Gasteiger partial charge in [0.15, 0.2) is 0 Å². The number of benzene rings is 1. The quantitative estimate of drug-likeness (QED) is 0.765. The lowest BCUT2D eigenvalue weighted by atomic mass is 10.1. The fourth-order valence-corrected chi connectivity index (χ4v) is 1.76. The smallest absolute Gasteiger partial charge is 0.122 e. The van der Waals surface area contributed by atoms with Crippen molar-refractivity contribution in [3.8, 4) is 5.75 Å². The topological polar surface area (TPSA) is 47.3 Å². The zero-order chi connectivity index (χ0) is 12.7. The molecular formula is C14H24N2O. The SMILES string of the molecule is CCOc1ccc(NCC(C)CCN)cc1C. The Morgan fingerprint density at radius 2 is 2.18 bits per heavy atom. The van der Waals surface area contributed by atoms with Gasteiger partial charge < -0.3 is 15.8 Å². The minimum Gasteiger partial charge on any atom is -0.494 e. The highest BCUT2D eigenvalue weighted by molar-refractivity contribution is 5.50. The molecule has 96 valence electrons. The van der Waals surface area contributed by atoms with Crippen molar-refractivity contribution in [3.05, 3.63) is 23.8 Å². The summed E-state index contributed by atoms with van der Waals surface area (Å²) in [6.45, 7) is 8.71. The molecule has 0 heterocycles. The third kappa shape index (κ3) is 4.65. The lowest BCUT2D eigenvalue weighted by Crippen LogP contribution is -2.15. The number of nitrogens with one attached hydrogen (secondary N) is 1. The fourth-order valence-electron chi connectivity index (χ4n) is 1.76. The Morgan fingerprint density at radius 3 is 2.76 bits per heavy atom. The molecule has 1 aromatic carbocycles. The summed E-state index contributed by atoms with van der Waals surface area (Å²) < 4.78 is 5.51. The van der Waals surface area contributed by atoms with Gasteiger partial charge in [-0.05, 0) is 56.5 Å². The molecule has 1 unspecified atom stereocenters. The highest BCUT2D eigenvalue weighted by Crippen LogP contribution is 2.22. The molecule has 1 rings (SSSR count). The maximum Gasteiger partial charge on any atom is 0.122 e. The normalized spacial score (nSPS) is 12.2. The van der Waals surface area contributed by atoms with Gasteiger partial charge in [-0.1, -0.05) is 6.92 Å². The van der Waals surface area contributed by atoms with E-state index in [0.29, 0.717) is 12.5 Å². The summed E-state index contributed by atoms with van der Waals surface area (Å²) >= 11 is 0. The molecule has 3 nitrogen and oxygen atoms in total. The van der Waals surface area contributed by atoms with Crippen molar-refractivity contribution >= 4 is 5.69 Å². The highest BCUT2D eigenvalue weighted by Gasteiger charge is 2.03. The van der Waals surface area contributed by atoms with E-state index in [1.807, 2.05) is 13.0 Å². The second kappa shape index (κ2) is 7.17.